The van der Waals surface area contributed by atoms with Gasteiger partial charge in [-0.05, 0) is 31.4 Å². The predicted octanol–water partition coefficient (Wildman–Crippen LogP) is 3.54. The third-order valence-corrected chi connectivity index (χ3v) is 2.82. The van der Waals surface area contributed by atoms with Gasteiger partial charge in [0.05, 0.1) is 5.56 Å². The molecule has 1 aromatic rings. The number of hydrogen-bond donors (Lipinski definition) is 0. The lowest BCUT2D eigenvalue weighted by Gasteiger charge is -2.10. The molecule has 1 nitrogen and oxygen atoms in total. The molecule has 0 saturated heterocycles. The van der Waals surface area contributed by atoms with E-state index in [-0.39, 0.29) is 0 Å². The SMILES string of the molecule is CC1=CCc2ncc(C(F)(F)F)cc2CC1. The number of allylic oxidation sites excluding steroid dienone is 2. The molecule has 0 radical (unpaired) electrons. The van der Waals surface area contributed by atoms with Crippen LogP contribution in [0.1, 0.15) is 30.2 Å². The molecule has 86 valence electrons. The van der Waals surface area contributed by atoms with E-state index >= 15 is 0 Å². The Morgan fingerprint density at radius 2 is 2.00 bits per heavy atom. The van der Waals surface area contributed by atoms with Crippen LogP contribution in [0.15, 0.2) is 23.9 Å². The van der Waals surface area contributed by atoms with E-state index in [4.69, 9.17) is 0 Å². The quantitative estimate of drug-likeness (QED) is 0.618. The first-order valence-electron chi connectivity index (χ1n) is 5.17. The summed E-state index contributed by atoms with van der Waals surface area (Å²) in [6.45, 7) is 2.00. The summed E-state index contributed by atoms with van der Waals surface area (Å²) in [6.07, 6.45) is 0.764. The third kappa shape index (κ3) is 2.26. The van der Waals surface area contributed by atoms with E-state index in [0.717, 1.165) is 23.9 Å². The minimum atomic E-state index is -4.29. The second-order valence-electron chi connectivity index (χ2n) is 4.08. The van der Waals surface area contributed by atoms with E-state index in [9.17, 15) is 13.2 Å². The van der Waals surface area contributed by atoms with Gasteiger partial charge in [-0.25, -0.2) is 0 Å². The van der Waals surface area contributed by atoms with Crippen LogP contribution in [0.5, 0.6) is 0 Å². The highest BCUT2D eigenvalue weighted by molar-refractivity contribution is 5.31. The van der Waals surface area contributed by atoms with E-state index in [2.05, 4.69) is 4.98 Å². The van der Waals surface area contributed by atoms with Crippen LogP contribution >= 0.6 is 0 Å². The molecule has 0 atom stereocenters. The molecule has 0 aromatic carbocycles. The molecule has 0 unspecified atom stereocenters. The van der Waals surface area contributed by atoms with Crippen LogP contribution in [-0.4, -0.2) is 4.98 Å². The van der Waals surface area contributed by atoms with E-state index < -0.39 is 11.7 Å². The standard InChI is InChI=1S/C12H12F3N/c1-8-2-4-9-6-10(12(13,14)15)7-16-11(9)5-3-8/h3,6-7H,2,4-5H2,1H3. The van der Waals surface area contributed by atoms with Crippen LogP contribution in [-0.2, 0) is 19.0 Å². The molecular weight excluding hydrogens is 215 g/mol. The van der Waals surface area contributed by atoms with Gasteiger partial charge in [0.15, 0.2) is 0 Å². The Bertz CT molecular complexity index is 432. The average Bonchev–Trinajstić information content (AvgIpc) is 2.39. The number of aromatic nitrogens is 1. The molecule has 0 amide bonds. The third-order valence-electron chi connectivity index (χ3n) is 2.82. The van der Waals surface area contributed by atoms with Crippen LogP contribution in [0, 0.1) is 0 Å². The van der Waals surface area contributed by atoms with Crippen LogP contribution in [0.25, 0.3) is 0 Å². The molecule has 0 N–H and O–H groups in total. The van der Waals surface area contributed by atoms with E-state index in [1.54, 1.807) is 0 Å². The molecular formula is C12H12F3N. The van der Waals surface area contributed by atoms with E-state index in [1.165, 1.54) is 11.6 Å². The lowest BCUT2D eigenvalue weighted by atomic mass is 10.1. The van der Waals surface area contributed by atoms with Gasteiger partial charge in [-0.15, -0.1) is 0 Å². The van der Waals surface area contributed by atoms with Crippen molar-refractivity contribution in [2.45, 2.75) is 32.4 Å². The molecule has 1 aliphatic rings. The fourth-order valence-electron chi connectivity index (χ4n) is 1.80. The Labute approximate surface area is 92.0 Å². The van der Waals surface area contributed by atoms with Crippen molar-refractivity contribution in [3.63, 3.8) is 0 Å². The lowest BCUT2D eigenvalue weighted by molar-refractivity contribution is -0.137. The van der Waals surface area contributed by atoms with Gasteiger partial charge in [0.25, 0.3) is 0 Å². The van der Waals surface area contributed by atoms with Crippen molar-refractivity contribution >= 4 is 0 Å². The highest BCUT2D eigenvalue weighted by Gasteiger charge is 2.31. The van der Waals surface area contributed by atoms with Crippen molar-refractivity contribution in [3.05, 3.63) is 40.7 Å². The van der Waals surface area contributed by atoms with Gasteiger partial charge in [-0.2, -0.15) is 13.2 Å². The molecule has 4 heteroatoms. The van der Waals surface area contributed by atoms with Gasteiger partial charge >= 0.3 is 6.18 Å². The predicted molar refractivity (Wildman–Crippen MR) is 55.0 cm³/mol. The van der Waals surface area contributed by atoms with E-state index in [1.807, 2.05) is 13.0 Å². The normalized spacial score (nSPS) is 16.4. The first kappa shape index (κ1) is 11.2. The summed E-state index contributed by atoms with van der Waals surface area (Å²) in [5.41, 5.74) is 2.06. The molecule has 1 aromatic heterocycles. The van der Waals surface area contributed by atoms with Gasteiger partial charge in [0.2, 0.25) is 0 Å². The summed E-state index contributed by atoms with van der Waals surface area (Å²) in [6, 6.07) is 1.23. The van der Waals surface area contributed by atoms with Gasteiger partial charge in [-0.3, -0.25) is 4.98 Å². The highest BCUT2D eigenvalue weighted by Crippen LogP contribution is 2.31. The summed E-state index contributed by atoms with van der Waals surface area (Å²) in [7, 11) is 0. The number of aryl methyl sites for hydroxylation is 1. The summed E-state index contributed by atoms with van der Waals surface area (Å²) in [5, 5.41) is 0. The maximum absolute atomic E-state index is 12.5. The molecule has 0 aliphatic heterocycles. The summed E-state index contributed by atoms with van der Waals surface area (Å²) < 4.78 is 37.4. The van der Waals surface area contributed by atoms with Crippen LogP contribution < -0.4 is 0 Å². The molecule has 16 heavy (non-hydrogen) atoms. The van der Waals surface area contributed by atoms with Crippen LogP contribution in [0.3, 0.4) is 0 Å². The monoisotopic (exact) mass is 227 g/mol. The van der Waals surface area contributed by atoms with Gasteiger partial charge in [0, 0.05) is 18.3 Å². The molecule has 1 aliphatic carbocycles. The Kier molecular flexibility index (Phi) is 2.74. The number of halogens is 3. The summed E-state index contributed by atoms with van der Waals surface area (Å²) in [4.78, 5) is 3.92. The smallest absolute Gasteiger partial charge is 0.260 e. The second-order valence-corrected chi connectivity index (χ2v) is 4.08. The number of fused-ring (bicyclic) bond motifs is 1. The number of rotatable bonds is 0. The van der Waals surface area contributed by atoms with Gasteiger partial charge in [-0.1, -0.05) is 11.6 Å². The highest BCUT2D eigenvalue weighted by atomic mass is 19.4. The Morgan fingerprint density at radius 3 is 2.69 bits per heavy atom. The Morgan fingerprint density at radius 1 is 1.25 bits per heavy atom. The van der Waals surface area contributed by atoms with E-state index in [0.29, 0.717) is 12.8 Å². The molecule has 0 bridgehead atoms. The van der Waals surface area contributed by atoms with Crippen molar-refractivity contribution in [2.75, 3.05) is 0 Å². The molecule has 1 heterocycles. The van der Waals surface area contributed by atoms with Crippen LogP contribution in [0.4, 0.5) is 13.2 Å². The maximum Gasteiger partial charge on any atom is 0.417 e. The van der Waals surface area contributed by atoms with Gasteiger partial charge in [0.1, 0.15) is 0 Å². The largest absolute Gasteiger partial charge is 0.417 e. The Hall–Kier alpha value is -1.32. The minimum absolute atomic E-state index is 0.638. The maximum atomic E-state index is 12.5. The average molecular weight is 227 g/mol. The number of pyridine rings is 1. The van der Waals surface area contributed by atoms with Crippen molar-refractivity contribution in [3.8, 4) is 0 Å². The molecule has 0 fully saturated rings. The molecule has 2 rings (SSSR count). The topological polar surface area (TPSA) is 12.9 Å². The van der Waals surface area contributed by atoms with Crippen molar-refractivity contribution in [1.82, 2.24) is 4.98 Å². The van der Waals surface area contributed by atoms with Crippen LogP contribution in [0.2, 0.25) is 0 Å². The summed E-state index contributed by atoms with van der Waals surface area (Å²) >= 11 is 0. The molecule has 0 spiro atoms. The molecule has 0 saturated carbocycles. The lowest BCUT2D eigenvalue weighted by Crippen LogP contribution is -2.08. The fraction of sp³-hybridized carbons (Fsp3) is 0.417. The van der Waals surface area contributed by atoms with Crippen molar-refractivity contribution in [1.29, 1.82) is 0 Å². The first-order valence-corrected chi connectivity index (χ1v) is 5.17. The number of hydrogen-bond acceptors (Lipinski definition) is 1. The zero-order chi connectivity index (χ0) is 11.8. The fourth-order valence-corrected chi connectivity index (χ4v) is 1.80. The minimum Gasteiger partial charge on any atom is -0.260 e. The van der Waals surface area contributed by atoms with Gasteiger partial charge < -0.3 is 0 Å². The first-order chi connectivity index (χ1) is 7.47. The summed E-state index contributed by atoms with van der Waals surface area (Å²) in [5.74, 6) is 0. The second kappa shape index (κ2) is 3.92. The number of alkyl halides is 3. The zero-order valence-corrected chi connectivity index (χ0v) is 8.93. The van der Waals surface area contributed by atoms with Crippen molar-refractivity contribution in [2.24, 2.45) is 0 Å². The Balaban J connectivity index is 2.36. The zero-order valence-electron chi connectivity index (χ0n) is 8.93. The number of nitrogens with zero attached hydrogens (tertiary/aromatic N) is 1. The van der Waals surface area contributed by atoms with Crippen molar-refractivity contribution < 1.29 is 13.2 Å².